The van der Waals surface area contributed by atoms with E-state index in [9.17, 15) is 9.59 Å². The van der Waals surface area contributed by atoms with Gasteiger partial charge < -0.3 is 29.7 Å². The molecule has 2 aromatic rings. The highest BCUT2D eigenvalue weighted by atomic mass is 16.5. The van der Waals surface area contributed by atoms with E-state index in [2.05, 4.69) is 15.5 Å². The van der Waals surface area contributed by atoms with E-state index in [1.165, 1.54) is 0 Å². The Bertz CT molecular complexity index is 982. The van der Waals surface area contributed by atoms with Crippen molar-refractivity contribution in [2.24, 2.45) is 0 Å². The smallest absolute Gasteiger partial charge is 0.251 e. The van der Waals surface area contributed by atoms with E-state index in [1.54, 1.807) is 45.6 Å². The average Bonchev–Trinajstić information content (AvgIpc) is 2.81. The molecule has 0 radical (unpaired) electrons. The minimum atomic E-state index is -0.230. The molecule has 2 aromatic carbocycles. The monoisotopic (exact) mass is 425 g/mol. The maximum Gasteiger partial charge on any atom is 0.251 e. The van der Waals surface area contributed by atoms with Crippen LogP contribution in [0.4, 0.5) is 11.4 Å². The Morgan fingerprint density at radius 2 is 1.84 bits per heavy atom. The molecule has 0 bridgehead atoms. The Morgan fingerprint density at radius 3 is 2.52 bits per heavy atom. The summed E-state index contributed by atoms with van der Waals surface area (Å²) in [6.45, 7) is 1.14. The predicted octanol–water partition coefficient (Wildman–Crippen LogP) is 2.95. The minimum Gasteiger partial charge on any atom is -0.493 e. The molecule has 1 saturated heterocycles. The van der Waals surface area contributed by atoms with Crippen LogP contribution in [0.15, 0.2) is 30.3 Å². The van der Waals surface area contributed by atoms with Crippen molar-refractivity contribution in [3.05, 3.63) is 41.5 Å². The number of hydrogen-bond donors (Lipinski definition) is 2. The van der Waals surface area contributed by atoms with Crippen LogP contribution >= 0.6 is 0 Å². The number of carbonyl (C=O) groups is 2. The zero-order chi connectivity index (χ0) is 22.0. The van der Waals surface area contributed by atoms with Gasteiger partial charge >= 0.3 is 0 Å². The molecule has 31 heavy (non-hydrogen) atoms. The molecule has 8 nitrogen and oxygen atoms in total. The summed E-state index contributed by atoms with van der Waals surface area (Å²) >= 11 is 0. The second-order valence-corrected chi connectivity index (χ2v) is 7.64. The van der Waals surface area contributed by atoms with E-state index < -0.39 is 0 Å². The van der Waals surface area contributed by atoms with Gasteiger partial charge in [-0.3, -0.25) is 9.59 Å². The quantitative estimate of drug-likeness (QED) is 0.740. The molecule has 8 heteroatoms. The molecule has 2 aliphatic heterocycles. The molecule has 2 amide bonds. The first-order chi connectivity index (χ1) is 15.0. The number of hydrogen-bond acceptors (Lipinski definition) is 6. The van der Waals surface area contributed by atoms with E-state index in [-0.39, 0.29) is 24.4 Å². The summed E-state index contributed by atoms with van der Waals surface area (Å²) in [7, 11) is 4.64. The van der Waals surface area contributed by atoms with Crippen LogP contribution in [-0.2, 0) is 11.3 Å². The molecule has 0 spiro atoms. The van der Waals surface area contributed by atoms with E-state index in [0.717, 1.165) is 37.1 Å². The fourth-order valence-corrected chi connectivity index (χ4v) is 4.26. The predicted molar refractivity (Wildman–Crippen MR) is 117 cm³/mol. The van der Waals surface area contributed by atoms with Gasteiger partial charge in [-0.1, -0.05) is 0 Å². The number of ether oxygens (including phenoxy) is 3. The number of fused-ring (bicyclic) bond motifs is 3. The Hall–Kier alpha value is -3.42. The lowest BCUT2D eigenvalue weighted by molar-refractivity contribution is -0.118. The topological polar surface area (TPSA) is 89.1 Å². The van der Waals surface area contributed by atoms with Gasteiger partial charge in [0.05, 0.1) is 32.7 Å². The number of anilines is 2. The highest BCUT2D eigenvalue weighted by molar-refractivity contribution is 6.05. The molecule has 0 saturated carbocycles. The van der Waals surface area contributed by atoms with Gasteiger partial charge in [0.1, 0.15) is 6.04 Å². The SMILES string of the molecule is COc1cc(CNC(=O)c2ccc3c(c2)NC(=O)[C@H]2CCCCN32)cc(OC)c1OC. The molecule has 2 N–H and O–H groups in total. The molecule has 164 valence electrons. The first-order valence-corrected chi connectivity index (χ1v) is 10.3. The minimum absolute atomic E-state index is 0.00202. The summed E-state index contributed by atoms with van der Waals surface area (Å²) in [4.78, 5) is 27.4. The van der Waals surface area contributed by atoms with Gasteiger partial charge in [0.15, 0.2) is 11.5 Å². The van der Waals surface area contributed by atoms with Crippen molar-refractivity contribution in [3.63, 3.8) is 0 Å². The number of methoxy groups -OCH3 is 3. The molecule has 1 fully saturated rings. The molecule has 4 rings (SSSR count). The van der Waals surface area contributed by atoms with Crippen molar-refractivity contribution < 1.29 is 23.8 Å². The molecule has 0 unspecified atom stereocenters. The van der Waals surface area contributed by atoms with Crippen molar-refractivity contribution in [2.45, 2.75) is 31.8 Å². The molecule has 2 aliphatic rings. The Kier molecular flexibility index (Phi) is 5.88. The van der Waals surface area contributed by atoms with Gasteiger partial charge in [0, 0.05) is 18.7 Å². The molecule has 0 aliphatic carbocycles. The Labute approximate surface area is 181 Å². The van der Waals surface area contributed by atoms with E-state index in [1.807, 2.05) is 6.07 Å². The standard InChI is InChI=1S/C23H27N3O5/c1-29-19-10-14(11-20(30-2)21(19)31-3)13-24-22(27)15-7-8-17-16(12-15)25-23(28)18-6-4-5-9-26(17)18/h7-8,10-12,18H,4-6,9,13H2,1-3H3,(H,24,27)(H,25,28)/t18-/m1/s1. The van der Waals surface area contributed by atoms with Crippen LogP contribution in [0.2, 0.25) is 0 Å². The van der Waals surface area contributed by atoms with Crippen LogP contribution in [0.1, 0.15) is 35.2 Å². The first-order valence-electron chi connectivity index (χ1n) is 10.3. The summed E-state index contributed by atoms with van der Waals surface area (Å²) < 4.78 is 16.1. The van der Waals surface area contributed by atoms with Crippen LogP contribution in [0, 0.1) is 0 Å². The summed E-state index contributed by atoms with van der Waals surface area (Å²) in [6, 6.07) is 8.94. The van der Waals surface area contributed by atoms with Gasteiger partial charge in [-0.25, -0.2) is 0 Å². The lowest BCUT2D eigenvalue weighted by Gasteiger charge is -2.41. The molecular weight excluding hydrogens is 398 g/mol. The van der Waals surface area contributed by atoms with E-state index in [4.69, 9.17) is 14.2 Å². The second-order valence-electron chi connectivity index (χ2n) is 7.64. The van der Waals surface area contributed by atoms with Crippen LogP contribution in [-0.4, -0.2) is 45.7 Å². The highest BCUT2D eigenvalue weighted by Crippen LogP contribution is 2.38. The fourth-order valence-electron chi connectivity index (χ4n) is 4.26. The maximum atomic E-state index is 12.8. The average molecular weight is 425 g/mol. The number of rotatable bonds is 6. The lowest BCUT2D eigenvalue weighted by atomic mass is 9.97. The van der Waals surface area contributed by atoms with Crippen molar-refractivity contribution in [1.82, 2.24) is 5.32 Å². The fraction of sp³-hybridized carbons (Fsp3) is 0.391. The summed E-state index contributed by atoms with van der Waals surface area (Å²) in [5.41, 5.74) is 2.96. The number of piperidine rings is 1. The number of benzene rings is 2. The number of amides is 2. The van der Waals surface area contributed by atoms with Crippen LogP contribution in [0.3, 0.4) is 0 Å². The van der Waals surface area contributed by atoms with Gasteiger partial charge in [-0.2, -0.15) is 0 Å². The summed E-state index contributed by atoms with van der Waals surface area (Å²) in [6.07, 6.45) is 2.99. The van der Waals surface area contributed by atoms with Crippen LogP contribution < -0.4 is 29.7 Å². The van der Waals surface area contributed by atoms with Gasteiger partial charge in [-0.15, -0.1) is 0 Å². The van der Waals surface area contributed by atoms with Crippen molar-refractivity contribution in [2.75, 3.05) is 38.1 Å². The summed E-state index contributed by atoms with van der Waals surface area (Å²) in [5.74, 6) is 1.33. The van der Waals surface area contributed by atoms with Crippen molar-refractivity contribution >= 4 is 23.2 Å². The third kappa shape index (κ3) is 3.97. The Morgan fingerprint density at radius 1 is 1.10 bits per heavy atom. The van der Waals surface area contributed by atoms with E-state index >= 15 is 0 Å². The van der Waals surface area contributed by atoms with Crippen LogP contribution in [0.25, 0.3) is 0 Å². The summed E-state index contributed by atoms with van der Waals surface area (Å²) in [5, 5.41) is 5.88. The molecule has 2 heterocycles. The molecule has 0 aromatic heterocycles. The second kappa shape index (κ2) is 8.75. The number of nitrogens with zero attached hydrogens (tertiary/aromatic N) is 1. The largest absolute Gasteiger partial charge is 0.493 e. The van der Waals surface area contributed by atoms with Crippen molar-refractivity contribution in [3.8, 4) is 17.2 Å². The third-order valence-corrected chi connectivity index (χ3v) is 5.81. The van der Waals surface area contributed by atoms with Gasteiger partial charge in [0.25, 0.3) is 5.91 Å². The highest BCUT2D eigenvalue weighted by Gasteiger charge is 2.34. The molecular formula is C23H27N3O5. The zero-order valence-corrected chi connectivity index (χ0v) is 18.0. The Balaban J connectivity index is 1.50. The molecule has 1 atom stereocenters. The lowest BCUT2D eigenvalue weighted by Crippen LogP contribution is -2.50. The normalized spacial score (nSPS) is 17.2. The van der Waals surface area contributed by atoms with Crippen LogP contribution in [0.5, 0.6) is 17.2 Å². The van der Waals surface area contributed by atoms with Gasteiger partial charge in [0.2, 0.25) is 11.7 Å². The maximum absolute atomic E-state index is 12.8. The number of nitrogens with one attached hydrogen (secondary N) is 2. The number of carbonyl (C=O) groups excluding carboxylic acids is 2. The first kappa shape index (κ1) is 20.8. The van der Waals surface area contributed by atoms with E-state index in [0.29, 0.717) is 28.5 Å². The van der Waals surface area contributed by atoms with Gasteiger partial charge in [-0.05, 0) is 55.2 Å². The third-order valence-electron chi connectivity index (χ3n) is 5.81. The zero-order valence-electron chi connectivity index (χ0n) is 18.0. The van der Waals surface area contributed by atoms with Crippen molar-refractivity contribution in [1.29, 1.82) is 0 Å².